The third-order valence-electron chi connectivity index (χ3n) is 7.30. The van der Waals surface area contributed by atoms with Gasteiger partial charge in [0.25, 0.3) is 11.8 Å². The van der Waals surface area contributed by atoms with Gasteiger partial charge in [0.05, 0.1) is 39.2 Å². The number of fused-ring (bicyclic) bond motifs is 1. The molecule has 1 aliphatic heterocycles. The minimum Gasteiger partial charge on any atom is -0.367 e. The van der Waals surface area contributed by atoms with Gasteiger partial charge in [-0.3, -0.25) is 14.6 Å². The number of aryl methyl sites for hydroxylation is 1. The van der Waals surface area contributed by atoms with Crippen LogP contribution in [0.25, 0.3) is 11.0 Å². The van der Waals surface area contributed by atoms with Crippen molar-refractivity contribution < 1.29 is 9.59 Å². The molecule has 208 valence electrons. The first-order chi connectivity index (χ1) is 20.5. The molecule has 1 aliphatic rings. The molecule has 0 aliphatic carbocycles. The van der Waals surface area contributed by atoms with E-state index in [1.54, 1.807) is 36.5 Å². The Hall–Kier alpha value is -5.14. The van der Waals surface area contributed by atoms with Gasteiger partial charge < -0.3 is 15.1 Å². The predicted molar refractivity (Wildman–Crippen MR) is 163 cm³/mol. The van der Waals surface area contributed by atoms with Crippen LogP contribution in [0.15, 0.2) is 79.0 Å². The highest BCUT2D eigenvalue weighted by Gasteiger charge is 2.24. The van der Waals surface area contributed by atoms with Gasteiger partial charge in [0, 0.05) is 54.9 Å². The number of hydrogen-bond acceptors (Lipinski definition) is 8. The maximum Gasteiger partial charge on any atom is 0.258 e. The van der Waals surface area contributed by atoms with Crippen molar-refractivity contribution in [3.63, 3.8) is 0 Å². The summed E-state index contributed by atoms with van der Waals surface area (Å²) in [5.41, 5.74) is 6.10. The maximum absolute atomic E-state index is 13.4. The van der Waals surface area contributed by atoms with Gasteiger partial charge in [0.2, 0.25) is 0 Å². The van der Waals surface area contributed by atoms with Gasteiger partial charge in [-0.1, -0.05) is 30.3 Å². The van der Waals surface area contributed by atoms with Crippen LogP contribution in [0.1, 0.15) is 42.5 Å². The van der Waals surface area contributed by atoms with Crippen LogP contribution in [0.2, 0.25) is 0 Å². The van der Waals surface area contributed by atoms with Crippen LogP contribution in [0, 0.1) is 18.3 Å². The van der Waals surface area contributed by atoms with Gasteiger partial charge in [-0.2, -0.15) is 9.64 Å². The van der Waals surface area contributed by atoms with Gasteiger partial charge in [-0.05, 0) is 60.9 Å². The monoisotopic (exact) mass is 573 g/mol. The Morgan fingerprint density at radius 1 is 0.976 bits per heavy atom. The number of anilines is 2. The number of rotatable bonds is 6. The zero-order valence-electron chi connectivity index (χ0n) is 22.9. The fourth-order valence-electron chi connectivity index (χ4n) is 5.17. The van der Waals surface area contributed by atoms with Gasteiger partial charge >= 0.3 is 0 Å². The summed E-state index contributed by atoms with van der Waals surface area (Å²) in [5, 5.41) is 12.4. The summed E-state index contributed by atoms with van der Waals surface area (Å²) in [6.07, 6.45) is 2.17. The second kappa shape index (κ2) is 11.8. The van der Waals surface area contributed by atoms with Gasteiger partial charge in [0.15, 0.2) is 0 Å². The Balaban J connectivity index is 1.13. The topological polar surface area (TPSA) is 115 Å². The number of nitrogens with one attached hydrogen (secondary N) is 1. The van der Waals surface area contributed by atoms with Crippen molar-refractivity contribution in [2.75, 3.05) is 36.4 Å². The van der Waals surface area contributed by atoms with Crippen molar-refractivity contribution in [3.05, 3.63) is 112 Å². The van der Waals surface area contributed by atoms with Crippen molar-refractivity contribution in [1.82, 2.24) is 19.2 Å². The van der Waals surface area contributed by atoms with E-state index in [2.05, 4.69) is 25.6 Å². The molecule has 0 bridgehead atoms. The Bertz CT molecular complexity index is 1840. The lowest BCUT2D eigenvalue weighted by atomic mass is 10.1. The number of hydrogen-bond donors (Lipinski definition) is 1. The summed E-state index contributed by atoms with van der Waals surface area (Å²) in [5.74, 6) is -0.373. The van der Waals surface area contributed by atoms with Crippen molar-refractivity contribution in [2.45, 2.75) is 13.3 Å². The zero-order chi connectivity index (χ0) is 29.1. The number of carbonyl (C=O) groups excluding carboxylic acids is 2. The SMILES string of the molecule is Cc1nsc(Cc2cnc3ccccc3n2)c1C(=O)Nc1cccc(C(=O)N2CCN(c3ccccc3C#N)CC2)c1. The minimum absolute atomic E-state index is 0.0942. The average molecular weight is 574 g/mol. The standard InChI is InChI=1S/C32H27N7O2S/c1-21-30(29(42-37-21)18-25-20-34-26-10-3-4-11-27(26)35-25)31(40)36-24-9-6-8-22(17-24)32(41)39-15-13-38(14-16-39)28-12-5-2-7-23(28)19-33/h2-12,17,20H,13-16,18H2,1H3,(H,36,40). The zero-order valence-corrected chi connectivity index (χ0v) is 23.8. The van der Waals surface area contributed by atoms with E-state index in [0.717, 1.165) is 27.3 Å². The first-order valence-electron chi connectivity index (χ1n) is 13.6. The molecule has 9 nitrogen and oxygen atoms in total. The smallest absolute Gasteiger partial charge is 0.258 e. The molecule has 0 spiro atoms. The summed E-state index contributed by atoms with van der Waals surface area (Å²) >= 11 is 1.28. The molecular formula is C32H27N7O2S. The van der Waals surface area contributed by atoms with E-state index >= 15 is 0 Å². The molecule has 6 rings (SSSR count). The third kappa shape index (κ3) is 5.55. The van der Waals surface area contributed by atoms with Crippen LogP contribution >= 0.6 is 11.5 Å². The number of amides is 2. The fourth-order valence-corrected chi connectivity index (χ4v) is 6.06. The van der Waals surface area contributed by atoms with Crippen molar-refractivity contribution in [3.8, 4) is 6.07 Å². The molecule has 42 heavy (non-hydrogen) atoms. The van der Waals surface area contributed by atoms with E-state index in [1.165, 1.54) is 11.5 Å². The summed E-state index contributed by atoms with van der Waals surface area (Å²) in [7, 11) is 0. The highest BCUT2D eigenvalue weighted by molar-refractivity contribution is 7.06. The molecule has 1 fully saturated rings. The number of carbonyl (C=O) groups is 2. The molecule has 1 N–H and O–H groups in total. The van der Waals surface area contributed by atoms with Crippen LogP contribution in [-0.2, 0) is 6.42 Å². The van der Waals surface area contributed by atoms with Crippen LogP contribution in [0.4, 0.5) is 11.4 Å². The Labute approximate surface area is 247 Å². The van der Waals surface area contributed by atoms with Crippen LogP contribution in [0.5, 0.6) is 0 Å². The molecule has 3 heterocycles. The number of nitrogens with zero attached hydrogens (tertiary/aromatic N) is 6. The summed E-state index contributed by atoms with van der Waals surface area (Å²) in [4.78, 5) is 40.7. The number of piperazine rings is 1. The first-order valence-corrected chi connectivity index (χ1v) is 14.4. The first kappa shape index (κ1) is 27.1. The van der Waals surface area contributed by atoms with E-state index in [4.69, 9.17) is 4.98 Å². The molecule has 10 heteroatoms. The number of benzene rings is 3. The Kier molecular flexibility index (Phi) is 7.58. The fraction of sp³-hybridized carbons (Fsp3) is 0.188. The lowest BCUT2D eigenvalue weighted by Crippen LogP contribution is -2.49. The molecule has 2 amide bonds. The molecule has 3 aromatic carbocycles. The third-order valence-corrected chi connectivity index (χ3v) is 8.23. The molecular weight excluding hydrogens is 546 g/mol. The number of aromatic nitrogens is 3. The molecule has 0 saturated carbocycles. The minimum atomic E-state index is -0.278. The summed E-state index contributed by atoms with van der Waals surface area (Å²) in [6.45, 7) is 4.16. The van der Waals surface area contributed by atoms with Crippen molar-refractivity contribution in [2.24, 2.45) is 0 Å². The van der Waals surface area contributed by atoms with E-state index in [9.17, 15) is 14.9 Å². The van der Waals surface area contributed by atoms with Crippen molar-refractivity contribution in [1.29, 1.82) is 5.26 Å². The highest BCUT2D eigenvalue weighted by Crippen LogP contribution is 2.25. The lowest BCUT2D eigenvalue weighted by Gasteiger charge is -2.36. The van der Waals surface area contributed by atoms with E-state index in [0.29, 0.717) is 60.7 Å². The van der Waals surface area contributed by atoms with E-state index < -0.39 is 0 Å². The average Bonchev–Trinajstić information content (AvgIpc) is 3.40. The Morgan fingerprint density at radius 3 is 2.55 bits per heavy atom. The molecule has 2 aromatic heterocycles. The summed E-state index contributed by atoms with van der Waals surface area (Å²) in [6, 6.07) is 24.4. The normalized spacial score (nSPS) is 13.1. The van der Waals surface area contributed by atoms with Crippen molar-refractivity contribution >= 4 is 45.8 Å². The second-order valence-corrected chi connectivity index (χ2v) is 10.9. The molecule has 0 atom stereocenters. The number of nitriles is 1. The van der Waals surface area contributed by atoms with Crippen LogP contribution < -0.4 is 10.2 Å². The highest BCUT2D eigenvalue weighted by atomic mass is 32.1. The van der Waals surface area contributed by atoms with Gasteiger partial charge in [0.1, 0.15) is 6.07 Å². The van der Waals surface area contributed by atoms with Crippen LogP contribution in [-0.4, -0.2) is 57.2 Å². The summed E-state index contributed by atoms with van der Waals surface area (Å²) < 4.78 is 4.43. The molecule has 0 unspecified atom stereocenters. The van der Waals surface area contributed by atoms with E-state index in [-0.39, 0.29) is 11.8 Å². The molecule has 0 radical (unpaired) electrons. The van der Waals surface area contributed by atoms with Gasteiger partial charge in [-0.15, -0.1) is 0 Å². The predicted octanol–water partition coefficient (Wildman–Crippen LogP) is 5.07. The molecule has 1 saturated heterocycles. The maximum atomic E-state index is 13.4. The van der Waals surface area contributed by atoms with E-state index in [1.807, 2.05) is 54.3 Å². The quantitative estimate of drug-likeness (QED) is 0.302. The van der Waals surface area contributed by atoms with Gasteiger partial charge in [-0.25, -0.2) is 4.98 Å². The Morgan fingerprint density at radius 2 is 1.74 bits per heavy atom. The lowest BCUT2D eigenvalue weighted by molar-refractivity contribution is 0.0746. The second-order valence-electron chi connectivity index (χ2n) is 10.0. The van der Waals surface area contributed by atoms with Crippen LogP contribution in [0.3, 0.4) is 0 Å². The largest absolute Gasteiger partial charge is 0.367 e. The molecule has 5 aromatic rings. The number of para-hydroxylation sites is 3.